The summed E-state index contributed by atoms with van der Waals surface area (Å²) in [7, 11) is 0. The lowest BCUT2D eigenvalue weighted by molar-refractivity contribution is -0.131. The van der Waals surface area contributed by atoms with Crippen molar-refractivity contribution in [2.75, 3.05) is 0 Å². The zero-order valence-electron chi connectivity index (χ0n) is 13.6. The quantitative estimate of drug-likeness (QED) is 0.626. The van der Waals surface area contributed by atoms with Gasteiger partial charge in [-0.2, -0.15) is 0 Å². The lowest BCUT2D eigenvalue weighted by Crippen LogP contribution is -2.45. The van der Waals surface area contributed by atoms with Crippen LogP contribution >= 0.6 is 0 Å². The number of nitrogens with zero attached hydrogens (tertiary/aromatic N) is 1. The Morgan fingerprint density at radius 2 is 1.28 bits per heavy atom. The minimum atomic E-state index is -0.146. The number of carbonyl (C=O) groups is 1. The smallest absolute Gasteiger partial charge is 0.231 e. The van der Waals surface area contributed by atoms with Gasteiger partial charge in [0, 0.05) is 16.7 Å². The maximum Gasteiger partial charge on any atom is 0.231 e. The fourth-order valence-electron chi connectivity index (χ4n) is 2.69. The third kappa shape index (κ3) is 2.78. The van der Waals surface area contributed by atoms with Gasteiger partial charge < -0.3 is 4.90 Å². The summed E-state index contributed by atoms with van der Waals surface area (Å²) in [5, 5.41) is 0. The van der Waals surface area contributed by atoms with Crippen LogP contribution in [-0.2, 0) is 4.79 Å². The summed E-state index contributed by atoms with van der Waals surface area (Å²) in [6, 6.07) is 0. The zero-order valence-corrected chi connectivity index (χ0v) is 13.6. The van der Waals surface area contributed by atoms with Crippen molar-refractivity contribution in [3.05, 3.63) is 11.3 Å². The second-order valence-corrected chi connectivity index (χ2v) is 8.40. The molecule has 104 valence electrons. The molecule has 0 saturated heterocycles. The van der Waals surface area contributed by atoms with Gasteiger partial charge in [0.25, 0.3) is 0 Å². The van der Waals surface area contributed by atoms with E-state index >= 15 is 0 Å². The average molecular weight is 251 g/mol. The largest absolute Gasteiger partial charge is 0.310 e. The van der Waals surface area contributed by atoms with Crippen molar-refractivity contribution in [1.29, 1.82) is 0 Å². The Morgan fingerprint density at radius 3 is 1.56 bits per heavy atom. The molecule has 1 aliphatic rings. The van der Waals surface area contributed by atoms with Crippen LogP contribution in [0.3, 0.4) is 0 Å². The lowest BCUT2D eigenvalue weighted by atomic mass is 9.78. The van der Waals surface area contributed by atoms with Crippen LogP contribution in [0.4, 0.5) is 0 Å². The van der Waals surface area contributed by atoms with Crippen LogP contribution in [0.25, 0.3) is 0 Å². The Morgan fingerprint density at radius 1 is 0.833 bits per heavy atom. The summed E-state index contributed by atoms with van der Waals surface area (Å²) in [4.78, 5) is 14.4. The van der Waals surface area contributed by atoms with Crippen molar-refractivity contribution in [3.8, 4) is 0 Å². The predicted octanol–water partition coefficient (Wildman–Crippen LogP) is 4.36. The number of hydrogen-bond acceptors (Lipinski definition) is 1. The van der Waals surface area contributed by atoms with E-state index in [1.165, 1.54) is 11.3 Å². The number of hydrogen-bond donors (Lipinski definition) is 0. The molecule has 1 amide bonds. The summed E-state index contributed by atoms with van der Waals surface area (Å²) < 4.78 is 0. The van der Waals surface area contributed by atoms with Crippen LogP contribution in [0.2, 0.25) is 0 Å². The summed E-state index contributed by atoms with van der Waals surface area (Å²) in [5.74, 6) is 0.248. The monoisotopic (exact) mass is 251 g/mol. The third-order valence-electron chi connectivity index (χ3n) is 3.37. The van der Waals surface area contributed by atoms with E-state index in [0.717, 1.165) is 0 Å². The lowest BCUT2D eigenvalue weighted by Gasteiger charge is -2.40. The fourth-order valence-corrected chi connectivity index (χ4v) is 2.69. The Kier molecular flexibility index (Phi) is 3.49. The van der Waals surface area contributed by atoms with E-state index in [-0.39, 0.29) is 22.3 Å². The van der Waals surface area contributed by atoms with E-state index in [0.29, 0.717) is 6.42 Å². The van der Waals surface area contributed by atoms with Crippen LogP contribution in [0.5, 0.6) is 0 Å². The first-order chi connectivity index (χ1) is 7.76. The molecule has 0 aromatic rings. The molecule has 2 heteroatoms. The van der Waals surface area contributed by atoms with Crippen molar-refractivity contribution in [2.24, 2.45) is 10.8 Å². The fraction of sp³-hybridized carbons (Fsp3) is 0.812. The molecule has 1 rings (SSSR count). The van der Waals surface area contributed by atoms with Crippen LogP contribution < -0.4 is 0 Å². The molecule has 0 radical (unpaired) electrons. The SMILES string of the molecule is CC(C)(C)C1=C(C(C)(C)C)N(C(C)(C)C)C(=O)C1. The van der Waals surface area contributed by atoms with Gasteiger partial charge in [-0.05, 0) is 31.8 Å². The molecule has 0 spiro atoms. The second-order valence-electron chi connectivity index (χ2n) is 8.40. The van der Waals surface area contributed by atoms with Gasteiger partial charge in [-0.3, -0.25) is 4.79 Å². The summed E-state index contributed by atoms with van der Waals surface area (Å²) in [6.07, 6.45) is 0.577. The maximum atomic E-state index is 12.4. The number of amides is 1. The Bertz CT molecular complexity index is 383. The highest BCUT2D eigenvalue weighted by molar-refractivity contribution is 5.85. The van der Waals surface area contributed by atoms with Crippen molar-refractivity contribution in [1.82, 2.24) is 4.90 Å². The van der Waals surface area contributed by atoms with Crippen molar-refractivity contribution in [2.45, 2.75) is 74.3 Å². The molecule has 0 aliphatic carbocycles. The van der Waals surface area contributed by atoms with E-state index in [9.17, 15) is 4.79 Å². The standard InChI is InChI=1S/C16H29NO/c1-14(2,3)11-10-12(18)17(16(7,8)9)13(11)15(4,5)6/h10H2,1-9H3. The molecule has 18 heavy (non-hydrogen) atoms. The number of carbonyl (C=O) groups excluding carboxylic acids is 1. The van der Waals surface area contributed by atoms with E-state index < -0.39 is 0 Å². The first-order valence-electron chi connectivity index (χ1n) is 6.83. The highest BCUT2D eigenvalue weighted by Crippen LogP contribution is 2.47. The summed E-state index contributed by atoms with van der Waals surface area (Å²) in [6.45, 7) is 19.5. The van der Waals surface area contributed by atoms with Crippen LogP contribution in [0.15, 0.2) is 11.3 Å². The van der Waals surface area contributed by atoms with Gasteiger partial charge in [0.05, 0.1) is 6.42 Å². The van der Waals surface area contributed by atoms with Crippen LogP contribution in [0.1, 0.15) is 68.7 Å². The molecule has 0 unspecified atom stereocenters. The predicted molar refractivity (Wildman–Crippen MR) is 77.2 cm³/mol. The highest BCUT2D eigenvalue weighted by Gasteiger charge is 2.44. The summed E-state index contributed by atoms with van der Waals surface area (Å²) >= 11 is 0. The molecule has 1 aliphatic heterocycles. The molecular formula is C16H29NO. The highest BCUT2D eigenvalue weighted by atomic mass is 16.2. The Hall–Kier alpha value is -0.790. The Balaban J connectivity index is 3.47. The normalized spacial score (nSPS) is 18.9. The molecule has 0 bridgehead atoms. The summed E-state index contributed by atoms with van der Waals surface area (Å²) in [5.41, 5.74) is 2.44. The number of allylic oxidation sites excluding steroid dienone is 1. The topological polar surface area (TPSA) is 20.3 Å². The molecule has 0 fully saturated rings. The zero-order chi connectivity index (χ0) is 14.5. The van der Waals surface area contributed by atoms with E-state index in [1.54, 1.807) is 0 Å². The molecule has 0 aromatic heterocycles. The maximum absolute atomic E-state index is 12.4. The molecule has 0 N–H and O–H groups in total. The van der Waals surface area contributed by atoms with Crippen molar-refractivity contribution < 1.29 is 4.79 Å². The second kappa shape index (κ2) is 4.11. The van der Waals surface area contributed by atoms with Crippen molar-refractivity contribution >= 4 is 5.91 Å². The molecule has 0 aromatic carbocycles. The van der Waals surface area contributed by atoms with Gasteiger partial charge in [0.1, 0.15) is 0 Å². The molecule has 0 atom stereocenters. The van der Waals surface area contributed by atoms with Crippen LogP contribution in [-0.4, -0.2) is 16.3 Å². The van der Waals surface area contributed by atoms with Gasteiger partial charge in [0.2, 0.25) is 5.91 Å². The first-order valence-corrected chi connectivity index (χ1v) is 6.83. The third-order valence-corrected chi connectivity index (χ3v) is 3.37. The van der Waals surface area contributed by atoms with E-state index in [1.807, 2.05) is 4.90 Å². The Labute approximate surface area is 112 Å². The molecular weight excluding hydrogens is 222 g/mol. The van der Waals surface area contributed by atoms with Crippen molar-refractivity contribution in [3.63, 3.8) is 0 Å². The molecule has 2 nitrogen and oxygen atoms in total. The van der Waals surface area contributed by atoms with Gasteiger partial charge in [-0.1, -0.05) is 41.5 Å². The molecule has 1 heterocycles. The van der Waals surface area contributed by atoms with Gasteiger partial charge >= 0.3 is 0 Å². The van der Waals surface area contributed by atoms with E-state index in [2.05, 4.69) is 62.3 Å². The first kappa shape index (κ1) is 15.3. The van der Waals surface area contributed by atoms with Gasteiger partial charge in [0.15, 0.2) is 0 Å². The average Bonchev–Trinajstić information content (AvgIpc) is 2.39. The van der Waals surface area contributed by atoms with Crippen LogP contribution in [0, 0.1) is 10.8 Å². The minimum Gasteiger partial charge on any atom is -0.310 e. The van der Waals surface area contributed by atoms with E-state index in [4.69, 9.17) is 0 Å². The molecule has 0 saturated carbocycles. The number of rotatable bonds is 0. The van der Waals surface area contributed by atoms with Gasteiger partial charge in [-0.25, -0.2) is 0 Å². The van der Waals surface area contributed by atoms with Gasteiger partial charge in [-0.15, -0.1) is 0 Å². The minimum absolute atomic E-state index is 0.00204.